The minimum absolute atomic E-state index is 0.247. The molecule has 52 heavy (non-hydrogen) atoms. The molecule has 1 aliphatic rings. The number of hydrogen-bond donors (Lipinski definition) is 7. The van der Waals surface area contributed by atoms with Gasteiger partial charge in [-0.05, 0) is 19.3 Å². The molecule has 1 rings (SSSR count). The molecule has 1 amide bonds. The average Bonchev–Trinajstić information content (AvgIpc) is 3.11. The highest BCUT2D eigenvalue weighted by Gasteiger charge is 2.48. The van der Waals surface area contributed by atoms with Gasteiger partial charge in [0, 0.05) is 0 Å². The normalized spacial score (nSPS) is 22.8. The lowest BCUT2D eigenvalue weighted by Gasteiger charge is -2.41. The second-order valence-electron chi connectivity index (χ2n) is 14.4. The lowest BCUT2D eigenvalue weighted by molar-refractivity contribution is -0.298. The Bertz CT molecular complexity index is 1020. The molecular weight excluding hydrogens is 694 g/mol. The van der Waals surface area contributed by atoms with Crippen molar-refractivity contribution >= 4 is 16.3 Å². The predicted octanol–water partition coefficient (Wildman–Crippen LogP) is 5.40. The van der Waals surface area contributed by atoms with Crippen LogP contribution in [0.25, 0.3) is 0 Å². The zero-order chi connectivity index (χ0) is 38.6. The van der Waals surface area contributed by atoms with E-state index in [2.05, 4.69) is 23.3 Å². The fourth-order valence-corrected chi connectivity index (χ4v) is 6.91. The first-order valence-electron chi connectivity index (χ1n) is 20.2. The van der Waals surface area contributed by atoms with Crippen molar-refractivity contribution in [3.8, 4) is 0 Å². The number of amides is 1. The van der Waals surface area contributed by atoms with Crippen molar-refractivity contribution in [2.75, 3.05) is 13.2 Å². The summed E-state index contributed by atoms with van der Waals surface area (Å²) >= 11 is 0. The van der Waals surface area contributed by atoms with Crippen LogP contribution in [-0.4, -0.2) is 107 Å². The Morgan fingerprint density at radius 3 is 1.73 bits per heavy atom. The van der Waals surface area contributed by atoms with Crippen LogP contribution in [0.4, 0.5) is 0 Å². The third-order valence-corrected chi connectivity index (χ3v) is 10.1. The number of ether oxygens (including phenoxy) is 2. The van der Waals surface area contributed by atoms with Crippen molar-refractivity contribution in [1.82, 2.24) is 5.32 Å². The van der Waals surface area contributed by atoms with E-state index in [-0.39, 0.29) is 6.42 Å². The predicted molar refractivity (Wildman–Crippen MR) is 201 cm³/mol. The summed E-state index contributed by atoms with van der Waals surface area (Å²) in [6, 6.07) is -1.11. The van der Waals surface area contributed by atoms with Crippen LogP contribution >= 0.6 is 0 Å². The maximum absolute atomic E-state index is 13.0. The van der Waals surface area contributed by atoms with Gasteiger partial charge in [0.05, 0.1) is 25.4 Å². The fourth-order valence-electron chi connectivity index (χ4n) is 6.40. The van der Waals surface area contributed by atoms with Crippen LogP contribution in [0, 0.1) is 0 Å². The summed E-state index contributed by atoms with van der Waals surface area (Å²) in [5, 5.41) is 54.8. The maximum Gasteiger partial charge on any atom is 0.397 e. The van der Waals surface area contributed by atoms with Crippen LogP contribution in [0.2, 0.25) is 0 Å². The van der Waals surface area contributed by atoms with E-state index in [0.717, 1.165) is 38.5 Å². The van der Waals surface area contributed by atoms with Crippen LogP contribution in [0.15, 0.2) is 12.2 Å². The van der Waals surface area contributed by atoms with Gasteiger partial charge >= 0.3 is 10.4 Å². The Balaban J connectivity index is 2.67. The standard InChI is InChI=1S/C38H73NO12S/c1-3-5-7-9-11-13-15-16-17-19-21-23-25-27-32(42)37(45)39-30(31(41)26-24-22-20-18-14-12-10-8-6-4-2)29-49-38-35(44)36(51-52(46,47)48)34(43)33(28-40)50-38/h24,26,30-36,38,40-44H,3-23,25,27-29H2,1-2H3,(H,39,45)(H,46,47,48)/b26-24+. The summed E-state index contributed by atoms with van der Waals surface area (Å²) in [6.45, 7) is 3.16. The third-order valence-electron chi connectivity index (χ3n) is 9.68. The monoisotopic (exact) mass is 767 g/mol. The van der Waals surface area contributed by atoms with Gasteiger partial charge in [-0.25, -0.2) is 4.18 Å². The first-order valence-corrected chi connectivity index (χ1v) is 21.5. The largest absolute Gasteiger partial charge is 0.397 e. The molecule has 1 fully saturated rings. The molecule has 0 aliphatic carbocycles. The lowest BCUT2D eigenvalue weighted by atomic mass is 9.99. The highest BCUT2D eigenvalue weighted by Crippen LogP contribution is 2.26. The molecular formula is C38H73NO12S. The van der Waals surface area contributed by atoms with Gasteiger partial charge in [-0.2, -0.15) is 8.42 Å². The number of aliphatic hydroxyl groups excluding tert-OH is 5. The molecule has 0 saturated carbocycles. The molecule has 1 heterocycles. The highest BCUT2D eigenvalue weighted by atomic mass is 32.3. The topological polar surface area (TPSA) is 212 Å². The number of carbonyl (C=O) groups excluding carboxylic acids is 1. The minimum Gasteiger partial charge on any atom is -0.394 e. The fraction of sp³-hybridized carbons (Fsp3) is 0.921. The van der Waals surface area contributed by atoms with Crippen molar-refractivity contribution in [1.29, 1.82) is 0 Å². The quantitative estimate of drug-likeness (QED) is 0.0254. The number of rotatable bonds is 33. The highest BCUT2D eigenvalue weighted by molar-refractivity contribution is 7.80. The Morgan fingerprint density at radius 1 is 0.769 bits per heavy atom. The molecule has 8 unspecified atom stereocenters. The number of nitrogens with one attached hydrogen (secondary N) is 1. The van der Waals surface area contributed by atoms with Gasteiger partial charge in [-0.1, -0.05) is 154 Å². The van der Waals surface area contributed by atoms with Gasteiger partial charge in [-0.3, -0.25) is 9.35 Å². The molecule has 0 aromatic heterocycles. The Kier molecular flexibility index (Phi) is 28.2. The SMILES string of the molecule is CCCCCCCCCC/C=C/C(O)C(COC1OC(CO)C(O)C(OS(=O)(=O)O)C1O)NC(=O)C(O)CCCCCCCCCCCCCCC. The van der Waals surface area contributed by atoms with Crippen molar-refractivity contribution in [3.05, 3.63) is 12.2 Å². The summed E-state index contributed by atoms with van der Waals surface area (Å²) in [7, 11) is -5.11. The van der Waals surface area contributed by atoms with Gasteiger partial charge in [0.1, 0.15) is 30.5 Å². The van der Waals surface area contributed by atoms with Crippen LogP contribution in [0.3, 0.4) is 0 Å². The van der Waals surface area contributed by atoms with Gasteiger partial charge in [-0.15, -0.1) is 0 Å². The molecule has 8 atom stereocenters. The Labute approximate surface area is 313 Å². The zero-order valence-corrected chi connectivity index (χ0v) is 32.8. The van der Waals surface area contributed by atoms with Crippen molar-refractivity contribution in [3.63, 3.8) is 0 Å². The van der Waals surface area contributed by atoms with E-state index < -0.39 is 78.5 Å². The van der Waals surface area contributed by atoms with Gasteiger partial charge in [0.25, 0.3) is 0 Å². The molecule has 0 aromatic rings. The Morgan fingerprint density at radius 2 is 1.25 bits per heavy atom. The van der Waals surface area contributed by atoms with E-state index in [9.17, 15) is 38.7 Å². The molecule has 14 heteroatoms. The van der Waals surface area contributed by atoms with Crippen LogP contribution < -0.4 is 5.32 Å². The number of hydrogen-bond acceptors (Lipinski definition) is 11. The van der Waals surface area contributed by atoms with Crippen LogP contribution in [-0.2, 0) is 28.9 Å². The van der Waals surface area contributed by atoms with Crippen LogP contribution in [0.5, 0.6) is 0 Å². The molecule has 0 radical (unpaired) electrons. The van der Waals surface area contributed by atoms with Gasteiger partial charge < -0.3 is 40.3 Å². The molecule has 13 nitrogen and oxygen atoms in total. The molecule has 7 N–H and O–H groups in total. The second-order valence-corrected chi connectivity index (χ2v) is 15.4. The second kappa shape index (κ2) is 30.1. The first-order chi connectivity index (χ1) is 24.9. The summed E-state index contributed by atoms with van der Waals surface area (Å²) in [6.07, 6.45) is 17.4. The van der Waals surface area contributed by atoms with E-state index in [1.54, 1.807) is 0 Å². The van der Waals surface area contributed by atoms with Crippen LogP contribution in [0.1, 0.15) is 162 Å². The molecule has 0 aromatic carbocycles. The third kappa shape index (κ3) is 22.9. The maximum atomic E-state index is 13.0. The van der Waals surface area contributed by atoms with Crippen molar-refractivity contribution in [2.45, 2.75) is 210 Å². The van der Waals surface area contributed by atoms with E-state index in [1.165, 1.54) is 96.0 Å². The number of carbonyl (C=O) groups is 1. The lowest BCUT2D eigenvalue weighted by Crippen LogP contribution is -2.61. The van der Waals surface area contributed by atoms with E-state index >= 15 is 0 Å². The molecule has 0 bridgehead atoms. The van der Waals surface area contributed by atoms with Crippen molar-refractivity contribution < 1.29 is 57.0 Å². The zero-order valence-electron chi connectivity index (χ0n) is 32.0. The summed E-state index contributed by atoms with van der Waals surface area (Å²) < 4.78 is 47.2. The molecule has 1 aliphatic heterocycles. The minimum atomic E-state index is -5.11. The number of aliphatic hydroxyl groups is 5. The molecule has 308 valence electrons. The van der Waals surface area contributed by atoms with Crippen molar-refractivity contribution in [2.24, 2.45) is 0 Å². The Hall–Kier alpha value is -1.20. The summed E-state index contributed by atoms with van der Waals surface area (Å²) in [5.74, 6) is -0.704. The van der Waals surface area contributed by atoms with Gasteiger partial charge in [0.2, 0.25) is 5.91 Å². The number of allylic oxidation sites excluding steroid dienone is 1. The smallest absolute Gasteiger partial charge is 0.394 e. The van der Waals surface area contributed by atoms with E-state index in [1.807, 2.05) is 6.08 Å². The average molecular weight is 768 g/mol. The van der Waals surface area contributed by atoms with E-state index in [0.29, 0.717) is 12.8 Å². The first kappa shape index (κ1) is 48.8. The molecule has 0 spiro atoms. The van der Waals surface area contributed by atoms with Gasteiger partial charge in [0.15, 0.2) is 6.29 Å². The van der Waals surface area contributed by atoms with E-state index in [4.69, 9.17) is 14.0 Å². The number of unbranched alkanes of at least 4 members (excludes halogenated alkanes) is 20. The molecule has 1 saturated heterocycles. The summed E-state index contributed by atoms with van der Waals surface area (Å²) in [4.78, 5) is 13.0. The summed E-state index contributed by atoms with van der Waals surface area (Å²) in [5.41, 5.74) is 0.